The highest BCUT2D eigenvalue weighted by Gasteiger charge is 2.23. The van der Waals surface area contributed by atoms with Crippen LogP contribution in [0.15, 0.2) is 36.5 Å². The van der Waals surface area contributed by atoms with Crippen LogP contribution in [0.4, 0.5) is 4.39 Å². The highest BCUT2D eigenvalue weighted by molar-refractivity contribution is 5.95. The average molecular weight is 315 g/mol. The van der Waals surface area contributed by atoms with Crippen molar-refractivity contribution in [2.24, 2.45) is 0 Å². The van der Waals surface area contributed by atoms with Gasteiger partial charge in [0.05, 0.1) is 12.7 Å². The molecular formula is C16H14FN3O3. The number of carbonyl (C=O) groups is 2. The van der Waals surface area contributed by atoms with Crippen LogP contribution in [0.1, 0.15) is 21.6 Å². The fourth-order valence-electron chi connectivity index (χ4n) is 2.02. The minimum Gasteiger partial charge on any atom is -0.467 e. The molecule has 0 saturated carbocycles. The maximum absolute atomic E-state index is 12.9. The molecule has 6 nitrogen and oxygen atoms in total. The molecule has 118 valence electrons. The second-order valence-electron chi connectivity index (χ2n) is 4.79. The Morgan fingerprint density at radius 1 is 1.39 bits per heavy atom. The zero-order chi connectivity index (χ0) is 16.8. The predicted molar refractivity (Wildman–Crippen MR) is 78.9 cm³/mol. The molecule has 0 aliphatic heterocycles. The number of esters is 1. The molecule has 0 saturated heterocycles. The Balaban J connectivity index is 2.12. The molecule has 2 rings (SSSR count). The molecule has 0 unspecified atom stereocenters. The zero-order valence-electron chi connectivity index (χ0n) is 12.3. The monoisotopic (exact) mass is 315 g/mol. The molecular weight excluding hydrogens is 301 g/mol. The second kappa shape index (κ2) is 7.22. The first kappa shape index (κ1) is 16.2. The third-order valence-corrected chi connectivity index (χ3v) is 3.20. The Labute approximate surface area is 131 Å². The van der Waals surface area contributed by atoms with Gasteiger partial charge in [0.2, 0.25) is 0 Å². The van der Waals surface area contributed by atoms with Crippen LogP contribution in [0.3, 0.4) is 0 Å². The molecule has 0 fully saturated rings. The van der Waals surface area contributed by atoms with Gasteiger partial charge in [-0.05, 0) is 23.8 Å². The van der Waals surface area contributed by atoms with E-state index in [1.165, 1.54) is 43.6 Å². The number of methoxy groups -OCH3 is 1. The van der Waals surface area contributed by atoms with Crippen LogP contribution in [0.25, 0.3) is 0 Å². The molecule has 2 aromatic rings. The summed E-state index contributed by atoms with van der Waals surface area (Å²) in [4.78, 5) is 26.6. The van der Waals surface area contributed by atoms with Crippen LogP contribution in [-0.4, -0.2) is 30.0 Å². The van der Waals surface area contributed by atoms with Crippen LogP contribution >= 0.6 is 0 Å². The van der Waals surface area contributed by atoms with E-state index >= 15 is 0 Å². The summed E-state index contributed by atoms with van der Waals surface area (Å²) >= 11 is 0. The van der Waals surface area contributed by atoms with Gasteiger partial charge >= 0.3 is 5.97 Å². The van der Waals surface area contributed by atoms with E-state index in [9.17, 15) is 14.0 Å². The van der Waals surface area contributed by atoms with Crippen LogP contribution < -0.4 is 5.32 Å². The van der Waals surface area contributed by atoms with Crippen molar-refractivity contribution in [3.05, 3.63) is 59.2 Å². The Morgan fingerprint density at radius 2 is 2.09 bits per heavy atom. The number of benzene rings is 1. The van der Waals surface area contributed by atoms with Crippen molar-refractivity contribution in [2.75, 3.05) is 7.11 Å². The quantitative estimate of drug-likeness (QED) is 0.818. The maximum Gasteiger partial charge on any atom is 0.328 e. The molecule has 23 heavy (non-hydrogen) atoms. The van der Waals surface area contributed by atoms with Gasteiger partial charge in [0.25, 0.3) is 5.91 Å². The number of nitrogens with one attached hydrogen (secondary N) is 2. The minimum absolute atomic E-state index is 0.157. The van der Waals surface area contributed by atoms with Crippen molar-refractivity contribution in [1.29, 1.82) is 5.26 Å². The Hall–Kier alpha value is -3.14. The number of aromatic amines is 1. The van der Waals surface area contributed by atoms with Gasteiger partial charge in [0.1, 0.15) is 23.6 Å². The fraction of sp³-hybridized carbons (Fsp3) is 0.188. The number of hydrogen-bond acceptors (Lipinski definition) is 4. The lowest BCUT2D eigenvalue weighted by atomic mass is 10.1. The fourth-order valence-corrected chi connectivity index (χ4v) is 2.02. The first-order valence-corrected chi connectivity index (χ1v) is 6.75. The van der Waals surface area contributed by atoms with Gasteiger partial charge in [-0.1, -0.05) is 12.1 Å². The smallest absolute Gasteiger partial charge is 0.328 e. The van der Waals surface area contributed by atoms with Crippen molar-refractivity contribution < 1.29 is 18.7 Å². The van der Waals surface area contributed by atoms with Crippen LogP contribution in [0.5, 0.6) is 0 Å². The number of rotatable bonds is 5. The molecule has 0 aliphatic carbocycles. The van der Waals surface area contributed by atoms with Gasteiger partial charge in [-0.2, -0.15) is 5.26 Å². The number of aromatic nitrogens is 1. The zero-order valence-corrected chi connectivity index (χ0v) is 12.3. The molecule has 1 heterocycles. The van der Waals surface area contributed by atoms with Crippen molar-refractivity contribution in [3.63, 3.8) is 0 Å². The Kier molecular flexibility index (Phi) is 5.10. The highest BCUT2D eigenvalue weighted by atomic mass is 19.1. The lowest BCUT2D eigenvalue weighted by Gasteiger charge is -2.16. The molecule has 1 atom stereocenters. The summed E-state index contributed by atoms with van der Waals surface area (Å²) in [7, 11) is 1.22. The summed E-state index contributed by atoms with van der Waals surface area (Å²) in [6.45, 7) is 0. The molecule has 0 aliphatic rings. The van der Waals surface area contributed by atoms with E-state index in [4.69, 9.17) is 5.26 Å². The molecule has 1 amide bonds. The van der Waals surface area contributed by atoms with E-state index in [0.29, 0.717) is 11.1 Å². The number of halogens is 1. The van der Waals surface area contributed by atoms with Gasteiger partial charge in [-0.15, -0.1) is 0 Å². The Bertz CT molecular complexity index is 747. The van der Waals surface area contributed by atoms with Gasteiger partial charge in [0.15, 0.2) is 0 Å². The molecule has 7 heteroatoms. The molecule has 0 bridgehead atoms. The van der Waals surface area contributed by atoms with E-state index in [2.05, 4.69) is 15.0 Å². The summed E-state index contributed by atoms with van der Waals surface area (Å²) in [5, 5.41) is 11.3. The Morgan fingerprint density at radius 3 is 2.65 bits per heavy atom. The van der Waals surface area contributed by atoms with Crippen molar-refractivity contribution >= 4 is 11.9 Å². The third-order valence-electron chi connectivity index (χ3n) is 3.20. The largest absolute Gasteiger partial charge is 0.467 e. The number of amides is 1. The normalized spacial score (nSPS) is 11.3. The summed E-state index contributed by atoms with van der Waals surface area (Å²) in [5.41, 5.74) is 1.14. The van der Waals surface area contributed by atoms with Crippen molar-refractivity contribution in [1.82, 2.24) is 10.3 Å². The maximum atomic E-state index is 12.9. The standard InChI is InChI=1S/C16H14FN3O3/c1-23-16(22)14(6-10-2-4-12(17)5-3-10)20-15(21)13-7-11(8-18)9-19-13/h2-5,7,9,14,19H,6H2,1H3,(H,20,21)/t14-/m1/s1. The topological polar surface area (TPSA) is 95.0 Å². The average Bonchev–Trinajstić information content (AvgIpc) is 3.04. The summed E-state index contributed by atoms with van der Waals surface area (Å²) < 4.78 is 17.6. The number of hydrogen-bond donors (Lipinski definition) is 2. The van der Waals surface area contributed by atoms with Crippen molar-refractivity contribution in [2.45, 2.75) is 12.5 Å². The molecule has 0 spiro atoms. The van der Waals surface area contributed by atoms with Crippen LogP contribution in [-0.2, 0) is 16.0 Å². The predicted octanol–water partition coefficient (Wildman–Crippen LogP) is 1.54. The third kappa shape index (κ3) is 4.17. The van der Waals surface area contributed by atoms with Gasteiger partial charge in [-0.3, -0.25) is 4.79 Å². The number of H-pyrrole nitrogens is 1. The first-order chi connectivity index (χ1) is 11.0. The SMILES string of the molecule is COC(=O)[C@@H](Cc1ccc(F)cc1)NC(=O)c1cc(C#N)c[nH]1. The van der Waals surface area contributed by atoms with E-state index in [1.54, 1.807) is 0 Å². The van der Waals surface area contributed by atoms with Crippen molar-refractivity contribution in [3.8, 4) is 6.07 Å². The lowest BCUT2D eigenvalue weighted by Crippen LogP contribution is -2.43. The van der Waals surface area contributed by atoms with E-state index in [0.717, 1.165) is 0 Å². The highest BCUT2D eigenvalue weighted by Crippen LogP contribution is 2.08. The number of nitrogens with zero attached hydrogens (tertiary/aromatic N) is 1. The minimum atomic E-state index is -0.924. The molecule has 1 aromatic heterocycles. The number of carbonyl (C=O) groups excluding carboxylic acids is 2. The summed E-state index contributed by atoms with van der Waals surface area (Å²) in [6, 6.07) is 7.95. The van der Waals surface area contributed by atoms with E-state index < -0.39 is 17.9 Å². The number of nitriles is 1. The second-order valence-corrected chi connectivity index (χ2v) is 4.79. The van der Waals surface area contributed by atoms with Gasteiger partial charge < -0.3 is 15.0 Å². The van der Waals surface area contributed by atoms with E-state index in [-0.39, 0.29) is 17.9 Å². The summed E-state index contributed by atoms with van der Waals surface area (Å²) in [6.07, 6.45) is 1.55. The lowest BCUT2D eigenvalue weighted by molar-refractivity contribution is -0.142. The number of ether oxygens (including phenoxy) is 1. The van der Waals surface area contributed by atoms with Gasteiger partial charge in [-0.25, -0.2) is 9.18 Å². The first-order valence-electron chi connectivity index (χ1n) is 6.75. The van der Waals surface area contributed by atoms with Gasteiger partial charge in [0, 0.05) is 12.6 Å². The molecule has 1 aromatic carbocycles. The van der Waals surface area contributed by atoms with Crippen LogP contribution in [0.2, 0.25) is 0 Å². The summed E-state index contributed by atoms with van der Waals surface area (Å²) in [5.74, 6) is -1.54. The molecule has 0 radical (unpaired) electrons. The van der Waals surface area contributed by atoms with E-state index in [1.807, 2.05) is 6.07 Å². The van der Waals surface area contributed by atoms with Crippen LogP contribution in [0, 0.1) is 17.1 Å². The molecule has 2 N–H and O–H groups in total.